The Morgan fingerprint density at radius 1 is 1.24 bits per heavy atom. The zero-order valence-corrected chi connectivity index (χ0v) is 16.5. The molecule has 8 heteroatoms. The molecule has 25 heavy (non-hydrogen) atoms. The van der Waals surface area contributed by atoms with Crippen molar-refractivity contribution >= 4 is 50.7 Å². The number of carbonyl (C=O) groups is 1. The minimum atomic E-state index is -3.43. The van der Waals surface area contributed by atoms with Crippen LogP contribution in [0.15, 0.2) is 47.4 Å². The highest BCUT2D eigenvalue weighted by molar-refractivity contribution is 7.99. The fraction of sp³-hybridized carbons (Fsp3) is 0.235. The number of thioether (sulfide) groups is 1. The van der Waals surface area contributed by atoms with Gasteiger partial charge in [0.15, 0.2) is 0 Å². The van der Waals surface area contributed by atoms with Gasteiger partial charge in [-0.25, -0.2) is 8.42 Å². The number of hydrogen-bond donors (Lipinski definition) is 1. The molecule has 134 valence electrons. The van der Waals surface area contributed by atoms with Crippen LogP contribution in [0, 0.1) is 0 Å². The maximum Gasteiger partial charge on any atom is 0.257 e. The summed E-state index contributed by atoms with van der Waals surface area (Å²) in [5.41, 5.74) is 1.27. The molecule has 0 bridgehead atoms. The van der Waals surface area contributed by atoms with E-state index in [4.69, 9.17) is 11.6 Å². The van der Waals surface area contributed by atoms with E-state index in [1.807, 2.05) is 31.2 Å². The van der Waals surface area contributed by atoms with Gasteiger partial charge in [0.1, 0.15) is 0 Å². The summed E-state index contributed by atoms with van der Waals surface area (Å²) in [6, 6.07) is 12.0. The molecule has 2 rings (SSSR count). The third-order valence-electron chi connectivity index (χ3n) is 3.49. The Bertz CT molecular complexity index is 885. The highest BCUT2D eigenvalue weighted by Gasteiger charge is 2.17. The van der Waals surface area contributed by atoms with Gasteiger partial charge in [-0.15, -0.1) is 11.8 Å². The zero-order chi connectivity index (χ0) is 18.6. The summed E-state index contributed by atoms with van der Waals surface area (Å²) in [5, 5.41) is 3.10. The highest BCUT2D eigenvalue weighted by atomic mass is 35.5. The van der Waals surface area contributed by atoms with Gasteiger partial charge in [-0.1, -0.05) is 30.7 Å². The van der Waals surface area contributed by atoms with Gasteiger partial charge in [-0.3, -0.25) is 9.10 Å². The number of amides is 1. The van der Waals surface area contributed by atoms with Gasteiger partial charge >= 0.3 is 0 Å². The van der Waals surface area contributed by atoms with Crippen LogP contribution in [0.2, 0.25) is 5.02 Å². The van der Waals surface area contributed by atoms with Crippen LogP contribution in [0.25, 0.3) is 0 Å². The second-order valence-electron chi connectivity index (χ2n) is 5.28. The average Bonchev–Trinajstić information content (AvgIpc) is 2.55. The van der Waals surface area contributed by atoms with E-state index in [0.717, 1.165) is 21.2 Å². The largest absolute Gasteiger partial charge is 0.321 e. The number of nitrogens with one attached hydrogen (secondary N) is 1. The van der Waals surface area contributed by atoms with Crippen LogP contribution in [0.3, 0.4) is 0 Å². The monoisotopic (exact) mass is 398 g/mol. The average molecular weight is 399 g/mol. The van der Waals surface area contributed by atoms with E-state index in [1.54, 1.807) is 17.8 Å². The second-order valence-corrected chi connectivity index (χ2v) is 9.00. The van der Waals surface area contributed by atoms with Crippen molar-refractivity contribution in [2.45, 2.75) is 11.8 Å². The van der Waals surface area contributed by atoms with Gasteiger partial charge in [-0.05, 0) is 36.1 Å². The smallest absolute Gasteiger partial charge is 0.257 e. The van der Waals surface area contributed by atoms with Crippen LogP contribution in [-0.4, -0.2) is 33.4 Å². The third-order valence-corrected chi connectivity index (χ3v) is 5.98. The molecule has 1 N–H and O–H groups in total. The van der Waals surface area contributed by atoms with Crippen LogP contribution in [0.5, 0.6) is 0 Å². The number of anilines is 2. The SMILES string of the molecule is CCSc1ccccc1NC(=O)c1cc(N(C)S(C)(=O)=O)ccc1Cl. The lowest BCUT2D eigenvalue weighted by atomic mass is 10.1. The van der Waals surface area contributed by atoms with Gasteiger partial charge in [0.05, 0.1) is 28.2 Å². The molecule has 0 spiro atoms. The molecule has 0 aliphatic heterocycles. The summed E-state index contributed by atoms with van der Waals surface area (Å²) >= 11 is 7.76. The maximum atomic E-state index is 12.6. The predicted molar refractivity (Wildman–Crippen MR) is 105 cm³/mol. The molecule has 0 atom stereocenters. The van der Waals surface area contributed by atoms with Crippen LogP contribution < -0.4 is 9.62 Å². The molecule has 0 radical (unpaired) electrons. The fourth-order valence-electron chi connectivity index (χ4n) is 2.12. The molecular weight excluding hydrogens is 380 g/mol. The number of carbonyl (C=O) groups excluding carboxylic acids is 1. The molecule has 0 saturated carbocycles. The molecule has 2 aromatic rings. The number of rotatable bonds is 6. The maximum absolute atomic E-state index is 12.6. The normalized spacial score (nSPS) is 11.2. The predicted octanol–water partition coefficient (Wildman–Crippen LogP) is 4.10. The van der Waals surface area contributed by atoms with Crippen molar-refractivity contribution < 1.29 is 13.2 Å². The Morgan fingerprint density at radius 3 is 2.56 bits per heavy atom. The van der Waals surface area contributed by atoms with Crippen LogP contribution >= 0.6 is 23.4 Å². The van der Waals surface area contributed by atoms with E-state index in [9.17, 15) is 13.2 Å². The van der Waals surface area contributed by atoms with E-state index in [2.05, 4.69) is 5.32 Å². The van der Waals surface area contributed by atoms with Gasteiger partial charge in [-0.2, -0.15) is 0 Å². The van der Waals surface area contributed by atoms with Crippen LogP contribution in [0.1, 0.15) is 17.3 Å². The van der Waals surface area contributed by atoms with Gasteiger partial charge < -0.3 is 5.32 Å². The van der Waals surface area contributed by atoms with Gasteiger partial charge in [0, 0.05) is 11.9 Å². The van der Waals surface area contributed by atoms with Gasteiger partial charge in [0.2, 0.25) is 10.0 Å². The Kier molecular flexibility index (Phi) is 6.37. The molecule has 0 saturated heterocycles. The summed E-state index contributed by atoms with van der Waals surface area (Å²) in [7, 11) is -2.00. The molecular formula is C17H19ClN2O3S2. The van der Waals surface area contributed by atoms with Crippen molar-refractivity contribution in [1.82, 2.24) is 0 Å². The molecule has 2 aromatic carbocycles. The van der Waals surface area contributed by atoms with E-state index in [-0.39, 0.29) is 10.6 Å². The molecule has 0 unspecified atom stereocenters. The number of sulfonamides is 1. The third kappa shape index (κ3) is 4.90. The first-order chi connectivity index (χ1) is 11.7. The lowest BCUT2D eigenvalue weighted by molar-refractivity contribution is 0.102. The number of para-hydroxylation sites is 1. The second kappa shape index (κ2) is 8.12. The summed E-state index contributed by atoms with van der Waals surface area (Å²) in [5.74, 6) is 0.486. The Balaban J connectivity index is 2.34. The first-order valence-corrected chi connectivity index (χ1v) is 10.7. The minimum Gasteiger partial charge on any atom is -0.321 e. The quantitative estimate of drug-likeness (QED) is 0.744. The van der Waals surface area contributed by atoms with Crippen LogP contribution in [-0.2, 0) is 10.0 Å². The topological polar surface area (TPSA) is 66.5 Å². The Hall–Kier alpha value is -1.70. The Morgan fingerprint density at radius 2 is 1.92 bits per heavy atom. The molecule has 0 aliphatic carbocycles. The van der Waals surface area contributed by atoms with E-state index >= 15 is 0 Å². The number of hydrogen-bond acceptors (Lipinski definition) is 4. The van der Waals surface area contributed by atoms with Crippen molar-refractivity contribution in [3.8, 4) is 0 Å². The molecule has 5 nitrogen and oxygen atoms in total. The fourth-order valence-corrected chi connectivity index (χ4v) is 3.58. The summed E-state index contributed by atoms with van der Waals surface area (Å²) in [6.45, 7) is 2.03. The van der Waals surface area contributed by atoms with Gasteiger partial charge in [0.25, 0.3) is 5.91 Å². The molecule has 0 aliphatic rings. The summed E-state index contributed by atoms with van der Waals surface area (Å²) < 4.78 is 24.5. The molecule has 0 fully saturated rings. The van der Waals surface area contributed by atoms with Crippen molar-refractivity contribution in [3.05, 3.63) is 53.1 Å². The highest BCUT2D eigenvalue weighted by Crippen LogP contribution is 2.29. The standard InChI is InChI=1S/C17H19ClN2O3S2/c1-4-24-16-8-6-5-7-15(16)19-17(21)13-11-12(9-10-14(13)18)20(2)25(3,22)23/h5-11H,4H2,1-3H3,(H,19,21). The van der Waals surface area contributed by atoms with Crippen molar-refractivity contribution in [1.29, 1.82) is 0 Å². The van der Waals surface area contributed by atoms with E-state index in [1.165, 1.54) is 19.2 Å². The Labute approximate surface area is 157 Å². The van der Waals surface area contributed by atoms with E-state index in [0.29, 0.717) is 11.4 Å². The molecule has 0 aromatic heterocycles. The van der Waals surface area contributed by atoms with Crippen molar-refractivity contribution in [2.75, 3.05) is 28.7 Å². The first kappa shape index (κ1) is 19.6. The summed E-state index contributed by atoms with van der Waals surface area (Å²) in [6.07, 6.45) is 1.10. The molecule has 1 amide bonds. The lowest BCUT2D eigenvalue weighted by Crippen LogP contribution is -2.25. The molecule has 0 heterocycles. The van der Waals surface area contributed by atoms with Crippen molar-refractivity contribution in [2.24, 2.45) is 0 Å². The minimum absolute atomic E-state index is 0.214. The summed E-state index contributed by atoms with van der Waals surface area (Å²) in [4.78, 5) is 13.6. The number of halogens is 1. The van der Waals surface area contributed by atoms with E-state index < -0.39 is 15.9 Å². The number of nitrogens with zero attached hydrogens (tertiary/aromatic N) is 1. The number of benzene rings is 2. The first-order valence-electron chi connectivity index (χ1n) is 7.50. The van der Waals surface area contributed by atoms with Crippen LogP contribution in [0.4, 0.5) is 11.4 Å². The lowest BCUT2D eigenvalue weighted by Gasteiger charge is -2.18. The zero-order valence-electron chi connectivity index (χ0n) is 14.1. The van der Waals surface area contributed by atoms with Crippen molar-refractivity contribution in [3.63, 3.8) is 0 Å².